The first-order chi connectivity index (χ1) is 11.4. The van der Waals surface area contributed by atoms with Crippen LogP contribution in [0.1, 0.15) is 43.1 Å². The van der Waals surface area contributed by atoms with Crippen LogP contribution < -0.4 is 5.43 Å². The monoisotopic (exact) mass is 324 g/mol. The lowest BCUT2D eigenvalue weighted by Crippen LogP contribution is -2.55. The van der Waals surface area contributed by atoms with Crippen LogP contribution in [0.3, 0.4) is 0 Å². The highest BCUT2D eigenvalue weighted by atomic mass is 16.2. The molecule has 4 heteroatoms. The number of aryl methyl sites for hydroxylation is 1. The largest absolute Gasteiger partial charge is 0.273 e. The van der Waals surface area contributed by atoms with Crippen molar-refractivity contribution in [1.29, 1.82) is 0 Å². The molecule has 1 N–H and O–H groups in total. The van der Waals surface area contributed by atoms with Crippen molar-refractivity contribution in [1.82, 2.24) is 10.4 Å². The van der Waals surface area contributed by atoms with Gasteiger partial charge in [-0.25, -0.2) is 5.01 Å². The summed E-state index contributed by atoms with van der Waals surface area (Å²) in [4.78, 5) is 25.0. The second kappa shape index (κ2) is 7.77. The molecule has 0 aromatic heterocycles. The number of benzene rings is 2. The molecule has 0 spiro atoms. The Morgan fingerprint density at radius 3 is 2.00 bits per heavy atom. The Hall–Kier alpha value is -2.62. The maximum Gasteiger partial charge on any atom is 0.272 e. The van der Waals surface area contributed by atoms with Gasteiger partial charge in [-0.15, -0.1) is 0 Å². The third kappa shape index (κ3) is 4.95. The normalized spacial score (nSPS) is 11.0. The second-order valence-corrected chi connectivity index (χ2v) is 6.70. The van der Waals surface area contributed by atoms with Crippen molar-refractivity contribution in [2.45, 2.75) is 39.2 Å². The van der Waals surface area contributed by atoms with Crippen LogP contribution in [0, 0.1) is 0 Å². The maximum atomic E-state index is 12.7. The number of amides is 2. The van der Waals surface area contributed by atoms with E-state index in [1.807, 2.05) is 69.3 Å². The van der Waals surface area contributed by atoms with Gasteiger partial charge in [0, 0.05) is 12.0 Å². The molecule has 0 saturated carbocycles. The molecule has 0 heterocycles. The van der Waals surface area contributed by atoms with Crippen LogP contribution in [0.15, 0.2) is 60.7 Å². The minimum Gasteiger partial charge on any atom is -0.273 e. The van der Waals surface area contributed by atoms with Gasteiger partial charge in [-0.2, -0.15) is 0 Å². The Bertz CT molecular complexity index is 676. The topological polar surface area (TPSA) is 49.4 Å². The molecule has 0 atom stereocenters. The first kappa shape index (κ1) is 17.7. The van der Waals surface area contributed by atoms with Gasteiger partial charge in [0.2, 0.25) is 5.91 Å². The van der Waals surface area contributed by atoms with Crippen molar-refractivity contribution >= 4 is 11.8 Å². The molecule has 0 bridgehead atoms. The molecule has 0 radical (unpaired) electrons. The third-order valence-electron chi connectivity index (χ3n) is 3.61. The van der Waals surface area contributed by atoms with E-state index < -0.39 is 5.54 Å². The summed E-state index contributed by atoms with van der Waals surface area (Å²) in [5, 5.41) is 1.41. The lowest BCUT2D eigenvalue weighted by molar-refractivity contribution is -0.126. The van der Waals surface area contributed by atoms with E-state index in [1.165, 1.54) is 5.01 Å². The average Bonchev–Trinajstić information content (AvgIpc) is 2.58. The van der Waals surface area contributed by atoms with Crippen LogP contribution in [-0.4, -0.2) is 22.4 Å². The van der Waals surface area contributed by atoms with E-state index in [4.69, 9.17) is 0 Å². The van der Waals surface area contributed by atoms with Gasteiger partial charge in [-0.1, -0.05) is 48.5 Å². The summed E-state index contributed by atoms with van der Waals surface area (Å²) >= 11 is 0. The highest BCUT2D eigenvalue weighted by Gasteiger charge is 2.29. The van der Waals surface area contributed by atoms with E-state index in [9.17, 15) is 9.59 Å². The average molecular weight is 324 g/mol. The fourth-order valence-corrected chi connectivity index (χ4v) is 2.32. The number of hydrogen-bond acceptors (Lipinski definition) is 2. The van der Waals surface area contributed by atoms with Gasteiger partial charge < -0.3 is 0 Å². The number of nitrogens with one attached hydrogen (secondary N) is 1. The van der Waals surface area contributed by atoms with Gasteiger partial charge in [0.1, 0.15) is 0 Å². The van der Waals surface area contributed by atoms with Gasteiger partial charge in [0.05, 0.1) is 5.54 Å². The van der Waals surface area contributed by atoms with Crippen molar-refractivity contribution in [3.8, 4) is 0 Å². The molecule has 4 nitrogen and oxygen atoms in total. The standard InChI is InChI=1S/C20H24N2O2/c1-20(2,3)22(19(24)17-12-8-5-9-13-17)21-18(23)15-14-16-10-6-4-7-11-16/h4-13H,14-15H2,1-3H3,(H,21,23). The van der Waals surface area contributed by atoms with E-state index in [0.717, 1.165) is 5.56 Å². The Kier molecular flexibility index (Phi) is 5.74. The van der Waals surface area contributed by atoms with Gasteiger partial charge >= 0.3 is 0 Å². The summed E-state index contributed by atoms with van der Waals surface area (Å²) in [6, 6.07) is 18.8. The molecule has 0 saturated heterocycles. The van der Waals surface area contributed by atoms with Gasteiger partial charge in [0.15, 0.2) is 0 Å². The third-order valence-corrected chi connectivity index (χ3v) is 3.61. The van der Waals surface area contributed by atoms with E-state index in [2.05, 4.69) is 5.43 Å². The molecule has 2 aromatic rings. The smallest absolute Gasteiger partial charge is 0.272 e. The summed E-state index contributed by atoms with van der Waals surface area (Å²) in [6.45, 7) is 5.68. The molecule has 0 unspecified atom stereocenters. The fourth-order valence-electron chi connectivity index (χ4n) is 2.32. The van der Waals surface area contributed by atoms with Crippen LogP contribution >= 0.6 is 0 Å². The minimum absolute atomic E-state index is 0.168. The van der Waals surface area contributed by atoms with Gasteiger partial charge in [0.25, 0.3) is 5.91 Å². The van der Waals surface area contributed by atoms with Crippen LogP contribution in [0.2, 0.25) is 0 Å². The van der Waals surface area contributed by atoms with Crippen molar-refractivity contribution in [3.05, 3.63) is 71.8 Å². The number of hydrazine groups is 1. The van der Waals surface area contributed by atoms with Crippen LogP contribution in [-0.2, 0) is 11.2 Å². The molecule has 126 valence electrons. The number of carbonyl (C=O) groups is 2. The zero-order valence-corrected chi connectivity index (χ0v) is 14.5. The molecule has 2 rings (SSSR count). The maximum absolute atomic E-state index is 12.7. The Morgan fingerprint density at radius 1 is 0.917 bits per heavy atom. The molecule has 0 aliphatic heterocycles. The zero-order valence-electron chi connectivity index (χ0n) is 14.5. The molecule has 0 aliphatic rings. The van der Waals surface area contributed by atoms with Crippen molar-refractivity contribution < 1.29 is 9.59 Å². The van der Waals surface area contributed by atoms with Crippen LogP contribution in [0.25, 0.3) is 0 Å². The summed E-state index contributed by atoms with van der Waals surface area (Å²) in [5.41, 5.74) is 3.90. The number of rotatable bonds is 4. The van der Waals surface area contributed by atoms with Gasteiger partial charge in [-0.3, -0.25) is 15.0 Å². The lowest BCUT2D eigenvalue weighted by atomic mass is 10.1. The Labute approximate surface area is 143 Å². The first-order valence-electron chi connectivity index (χ1n) is 8.11. The lowest BCUT2D eigenvalue weighted by Gasteiger charge is -2.35. The number of hydrogen-bond donors (Lipinski definition) is 1. The Morgan fingerprint density at radius 2 is 1.46 bits per heavy atom. The molecule has 24 heavy (non-hydrogen) atoms. The predicted molar refractivity (Wildman–Crippen MR) is 95.3 cm³/mol. The number of nitrogens with zero attached hydrogens (tertiary/aromatic N) is 1. The highest BCUT2D eigenvalue weighted by Crippen LogP contribution is 2.15. The molecule has 2 aromatic carbocycles. The molecule has 2 amide bonds. The van der Waals surface area contributed by atoms with Crippen LogP contribution in [0.4, 0.5) is 0 Å². The van der Waals surface area contributed by atoms with Gasteiger partial charge in [-0.05, 0) is 44.9 Å². The quantitative estimate of drug-likeness (QED) is 0.874. The second-order valence-electron chi connectivity index (χ2n) is 6.70. The molecular weight excluding hydrogens is 300 g/mol. The van der Waals surface area contributed by atoms with Crippen LogP contribution in [0.5, 0.6) is 0 Å². The van der Waals surface area contributed by atoms with Crippen molar-refractivity contribution in [3.63, 3.8) is 0 Å². The van der Waals surface area contributed by atoms with E-state index in [1.54, 1.807) is 12.1 Å². The fraction of sp³-hybridized carbons (Fsp3) is 0.300. The summed E-state index contributed by atoms with van der Waals surface area (Å²) in [5.74, 6) is -0.380. The zero-order chi connectivity index (χ0) is 17.6. The van der Waals surface area contributed by atoms with Crippen molar-refractivity contribution in [2.24, 2.45) is 0 Å². The summed E-state index contributed by atoms with van der Waals surface area (Å²) in [6.07, 6.45) is 0.975. The van der Waals surface area contributed by atoms with E-state index in [-0.39, 0.29) is 11.8 Å². The summed E-state index contributed by atoms with van der Waals surface area (Å²) < 4.78 is 0. The first-order valence-corrected chi connectivity index (χ1v) is 8.11. The predicted octanol–water partition coefficient (Wildman–Crippen LogP) is 3.59. The highest BCUT2D eigenvalue weighted by molar-refractivity contribution is 5.95. The summed E-state index contributed by atoms with van der Waals surface area (Å²) in [7, 11) is 0. The van der Waals surface area contributed by atoms with E-state index in [0.29, 0.717) is 18.4 Å². The van der Waals surface area contributed by atoms with E-state index >= 15 is 0 Å². The van der Waals surface area contributed by atoms with Crippen molar-refractivity contribution in [2.75, 3.05) is 0 Å². The minimum atomic E-state index is -0.519. The Balaban J connectivity index is 2.04. The molecular formula is C20H24N2O2. The molecule has 0 fully saturated rings. The SMILES string of the molecule is CC(C)(C)N(NC(=O)CCc1ccccc1)C(=O)c1ccccc1. The number of carbonyl (C=O) groups excluding carboxylic acids is 2. The molecule has 0 aliphatic carbocycles.